The first kappa shape index (κ1) is 14.8. The second-order valence-electron chi connectivity index (χ2n) is 3.02. The largest absolute Gasteiger partial charge is 0.358 e. The molecule has 2 amide bonds. The van der Waals surface area contributed by atoms with E-state index in [1.807, 2.05) is 32.0 Å². The van der Waals surface area contributed by atoms with Crippen molar-refractivity contribution in [3.63, 3.8) is 0 Å². The highest BCUT2D eigenvalue weighted by atomic mass is 32.2. The van der Waals surface area contributed by atoms with E-state index in [0.717, 1.165) is 11.5 Å². The predicted molar refractivity (Wildman–Crippen MR) is 78.5 cm³/mol. The molecule has 0 bridgehead atoms. The van der Waals surface area contributed by atoms with Gasteiger partial charge >= 0.3 is 6.03 Å². The highest BCUT2D eigenvalue weighted by Crippen LogP contribution is 2.20. The van der Waals surface area contributed by atoms with Crippen molar-refractivity contribution in [2.45, 2.75) is 13.8 Å². The number of hydrogen-bond acceptors (Lipinski definition) is 5. The van der Waals surface area contributed by atoms with Crippen molar-refractivity contribution in [2.75, 3.05) is 11.5 Å². The minimum Gasteiger partial charge on any atom is -0.255 e. The molecule has 0 aliphatic rings. The number of rotatable bonds is 6. The fraction of sp³-hybridized carbons (Fsp3) is 0.364. The van der Waals surface area contributed by atoms with E-state index in [1.165, 1.54) is 30.1 Å². The van der Waals surface area contributed by atoms with Crippen molar-refractivity contribution in [1.82, 2.24) is 14.1 Å². The standard InChI is InChI=1S/C11H16N4OS2/c1-3-17-15(18-4-2)11(16)14-13-9-10-7-5-6-8-12-10/h5-9H,3-4H2,1-2H3,(H,14,16)/b13-9+. The molecule has 0 aromatic carbocycles. The van der Waals surface area contributed by atoms with Gasteiger partial charge in [0, 0.05) is 17.7 Å². The summed E-state index contributed by atoms with van der Waals surface area (Å²) >= 11 is 2.90. The van der Waals surface area contributed by atoms with Crippen LogP contribution in [-0.2, 0) is 0 Å². The summed E-state index contributed by atoms with van der Waals surface area (Å²) in [6, 6.07) is 5.27. The maximum Gasteiger partial charge on any atom is 0.358 e. The molecule has 18 heavy (non-hydrogen) atoms. The first-order valence-electron chi connectivity index (χ1n) is 5.58. The Bertz CT molecular complexity index is 380. The van der Waals surface area contributed by atoms with Crippen LogP contribution in [0.1, 0.15) is 19.5 Å². The van der Waals surface area contributed by atoms with Crippen LogP contribution in [0, 0.1) is 0 Å². The number of urea groups is 1. The van der Waals surface area contributed by atoms with Crippen molar-refractivity contribution in [3.05, 3.63) is 30.1 Å². The quantitative estimate of drug-likeness (QED) is 0.496. The predicted octanol–water partition coefficient (Wildman–Crippen LogP) is 2.76. The second-order valence-corrected chi connectivity index (χ2v) is 5.65. The van der Waals surface area contributed by atoms with Crippen molar-refractivity contribution in [3.8, 4) is 0 Å². The SMILES string of the molecule is CCSN(SCC)C(=O)N/N=C/c1ccccn1. The minimum absolute atomic E-state index is 0.235. The van der Waals surface area contributed by atoms with Gasteiger partial charge in [-0.05, 0) is 36.0 Å². The van der Waals surface area contributed by atoms with Crippen LogP contribution in [-0.4, -0.2) is 32.4 Å². The van der Waals surface area contributed by atoms with Crippen LogP contribution in [0.4, 0.5) is 4.79 Å². The molecule has 0 saturated heterocycles. The lowest BCUT2D eigenvalue weighted by Crippen LogP contribution is -2.28. The Morgan fingerprint density at radius 2 is 2.17 bits per heavy atom. The Balaban J connectivity index is 2.46. The first-order valence-corrected chi connectivity index (χ1v) is 7.46. The van der Waals surface area contributed by atoms with Gasteiger partial charge in [0.15, 0.2) is 0 Å². The van der Waals surface area contributed by atoms with Gasteiger partial charge in [-0.1, -0.05) is 19.9 Å². The van der Waals surface area contributed by atoms with Crippen LogP contribution in [0.2, 0.25) is 0 Å². The van der Waals surface area contributed by atoms with Crippen LogP contribution in [0.15, 0.2) is 29.5 Å². The van der Waals surface area contributed by atoms with E-state index in [2.05, 4.69) is 15.5 Å². The number of nitrogens with zero attached hydrogens (tertiary/aromatic N) is 3. The topological polar surface area (TPSA) is 57.6 Å². The number of amides is 2. The highest BCUT2D eigenvalue weighted by molar-refractivity contribution is 8.12. The summed E-state index contributed by atoms with van der Waals surface area (Å²) in [4.78, 5) is 15.8. The van der Waals surface area contributed by atoms with E-state index < -0.39 is 0 Å². The number of nitrogens with one attached hydrogen (secondary N) is 1. The monoisotopic (exact) mass is 284 g/mol. The zero-order valence-corrected chi connectivity index (χ0v) is 12.0. The fourth-order valence-corrected chi connectivity index (χ4v) is 2.75. The molecule has 5 nitrogen and oxygen atoms in total. The molecule has 1 aromatic rings. The number of hydrogen-bond donors (Lipinski definition) is 1. The van der Waals surface area contributed by atoms with Gasteiger partial charge in [-0.3, -0.25) is 4.98 Å². The smallest absolute Gasteiger partial charge is 0.255 e. The van der Waals surface area contributed by atoms with E-state index in [4.69, 9.17) is 0 Å². The summed E-state index contributed by atoms with van der Waals surface area (Å²) in [6.07, 6.45) is 3.19. The summed E-state index contributed by atoms with van der Waals surface area (Å²) in [6.45, 7) is 4.00. The van der Waals surface area contributed by atoms with Crippen LogP contribution >= 0.6 is 23.9 Å². The van der Waals surface area contributed by atoms with E-state index in [-0.39, 0.29) is 6.03 Å². The molecular formula is C11H16N4OS2. The zero-order chi connectivity index (χ0) is 13.2. The molecule has 7 heteroatoms. The van der Waals surface area contributed by atoms with Gasteiger partial charge in [0.1, 0.15) is 0 Å². The van der Waals surface area contributed by atoms with Crippen LogP contribution in [0.3, 0.4) is 0 Å². The Morgan fingerprint density at radius 3 is 2.72 bits per heavy atom. The molecule has 1 aromatic heterocycles. The number of carbonyl (C=O) groups excluding carboxylic acids is 1. The Hall–Kier alpha value is -1.21. The lowest BCUT2D eigenvalue weighted by atomic mass is 10.4. The molecule has 0 aliphatic heterocycles. The van der Waals surface area contributed by atoms with Crippen molar-refractivity contribution < 1.29 is 4.79 Å². The van der Waals surface area contributed by atoms with Crippen molar-refractivity contribution >= 4 is 36.1 Å². The summed E-state index contributed by atoms with van der Waals surface area (Å²) in [5.41, 5.74) is 3.18. The van der Waals surface area contributed by atoms with Gasteiger partial charge in [-0.25, -0.2) is 13.9 Å². The number of pyridine rings is 1. The molecule has 1 N–H and O–H groups in total. The minimum atomic E-state index is -0.235. The number of hydrazone groups is 1. The molecule has 0 fully saturated rings. The summed E-state index contributed by atoms with van der Waals surface area (Å²) in [5.74, 6) is 1.68. The Kier molecular flexibility index (Phi) is 7.28. The third kappa shape index (κ3) is 5.42. The molecule has 1 rings (SSSR count). The Morgan fingerprint density at radius 1 is 1.44 bits per heavy atom. The van der Waals surface area contributed by atoms with Crippen LogP contribution in [0.5, 0.6) is 0 Å². The first-order chi connectivity index (χ1) is 8.77. The third-order valence-corrected chi connectivity index (χ3v) is 3.65. The van der Waals surface area contributed by atoms with E-state index >= 15 is 0 Å². The van der Waals surface area contributed by atoms with Gasteiger partial charge in [0.05, 0.1) is 11.9 Å². The zero-order valence-electron chi connectivity index (χ0n) is 10.4. The Labute approximate surface area is 116 Å². The summed E-state index contributed by atoms with van der Waals surface area (Å²) < 4.78 is 1.59. The molecule has 0 radical (unpaired) electrons. The maximum absolute atomic E-state index is 11.8. The van der Waals surface area contributed by atoms with Gasteiger partial charge in [0.25, 0.3) is 0 Å². The lowest BCUT2D eigenvalue weighted by Gasteiger charge is -2.16. The molecule has 0 aliphatic carbocycles. The highest BCUT2D eigenvalue weighted by Gasteiger charge is 2.12. The molecule has 98 valence electrons. The molecule has 0 atom stereocenters. The molecule has 0 unspecified atom stereocenters. The van der Waals surface area contributed by atoms with Gasteiger partial charge in [0.2, 0.25) is 0 Å². The molecule has 1 heterocycles. The lowest BCUT2D eigenvalue weighted by molar-refractivity contribution is 0.239. The molecule has 0 saturated carbocycles. The normalized spacial score (nSPS) is 10.6. The third-order valence-electron chi connectivity index (χ3n) is 1.70. The second kappa shape index (κ2) is 8.82. The molecular weight excluding hydrogens is 268 g/mol. The van der Waals surface area contributed by atoms with Gasteiger partial charge in [-0.2, -0.15) is 5.10 Å². The van der Waals surface area contributed by atoms with E-state index in [1.54, 1.807) is 9.91 Å². The maximum atomic E-state index is 11.8. The van der Waals surface area contributed by atoms with Crippen molar-refractivity contribution in [1.29, 1.82) is 0 Å². The average Bonchev–Trinajstić information content (AvgIpc) is 2.39. The molecule has 0 spiro atoms. The summed E-state index contributed by atoms with van der Waals surface area (Å²) in [7, 11) is 0. The fourth-order valence-electron chi connectivity index (χ4n) is 1.04. The van der Waals surface area contributed by atoms with E-state index in [0.29, 0.717) is 5.69 Å². The van der Waals surface area contributed by atoms with Crippen LogP contribution < -0.4 is 5.43 Å². The van der Waals surface area contributed by atoms with E-state index in [9.17, 15) is 4.79 Å². The summed E-state index contributed by atoms with van der Waals surface area (Å²) in [5, 5.41) is 3.87. The van der Waals surface area contributed by atoms with Gasteiger partial charge in [-0.15, -0.1) is 0 Å². The van der Waals surface area contributed by atoms with Crippen LogP contribution in [0.25, 0.3) is 0 Å². The van der Waals surface area contributed by atoms with Crippen molar-refractivity contribution in [2.24, 2.45) is 5.10 Å². The van der Waals surface area contributed by atoms with Gasteiger partial charge < -0.3 is 0 Å². The number of carbonyl (C=O) groups is 1. The number of aromatic nitrogens is 1. The average molecular weight is 284 g/mol.